The fraction of sp³-hybridized carbons (Fsp3) is 0.571. The molecule has 1 rings (SSSR count). The number of nitrogens with two attached hydrogens (primary N) is 1. The Morgan fingerprint density at radius 2 is 2.21 bits per heavy atom. The lowest BCUT2D eigenvalue weighted by atomic mass is 10.3. The van der Waals surface area contributed by atoms with Gasteiger partial charge < -0.3 is 15.5 Å². The molecule has 19 heavy (non-hydrogen) atoms. The van der Waals surface area contributed by atoms with Gasteiger partial charge in [0, 0.05) is 32.1 Å². The predicted molar refractivity (Wildman–Crippen MR) is 77.3 cm³/mol. The first-order valence-corrected chi connectivity index (χ1v) is 6.47. The molecular weight excluding hydrogens is 242 g/mol. The summed E-state index contributed by atoms with van der Waals surface area (Å²) >= 11 is 0. The van der Waals surface area contributed by atoms with E-state index in [0.717, 1.165) is 19.4 Å². The Labute approximate surface area is 115 Å². The fourth-order valence-corrected chi connectivity index (χ4v) is 1.62. The largest absolute Gasteiger partial charge is 0.342 e. The molecule has 1 fully saturated rings. The van der Waals surface area contributed by atoms with E-state index in [1.165, 1.54) is 0 Å². The molecule has 0 radical (unpaired) electrons. The number of amides is 2. The lowest BCUT2D eigenvalue weighted by Crippen LogP contribution is -2.29. The number of nitrogens with zero attached hydrogens (tertiary/aromatic N) is 2. The van der Waals surface area contributed by atoms with Gasteiger partial charge >= 0.3 is 0 Å². The molecule has 0 aliphatic carbocycles. The van der Waals surface area contributed by atoms with Crippen LogP contribution in [0.4, 0.5) is 0 Å². The quantitative estimate of drug-likeness (QED) is 0.759. The summed E-state index contributed by atoms with van der Waals surface area (Å²) in [6.45, 7) is 11.0. The third-order valence-electron chi connectivity index (χ3n) is 2.74. The monoisotopic (exact) mass is 267 g/mol. The van der Waals surface area contributed by atoms with Gasteiger partial charge in [-0.05, 0) is 32.5 Å². The summed E-state index contributed by atoms with van der Waals surface area (Å²) in [7, 11) is 1.76. The summed E-state index contributed by atoms with van der Waals surface area (Å²) in [6, 6.07) is 0. The zero-order valence-electron chi connectivity index (χ0n) is 12.0. The standard InChI is InChI=1S/C8H16N2O.C6H9NO/c1-7(2)8(11)10(3)6-4-5-9;1-2-7-5-3-4-6(7)8/h1,4-6,9H2,2-3H3;2H,1,3-5H2. The maximum absolute atomic E-state index is 11.1. The minimum Gasteiger partial charge on any atom is -0.342 e. The summed E-state index contributed by atoms with van der Waals surface area (Å²) in [6.07, 6.45) is 4.13. The average Bonchev–Trinajstić information content (AvgIpc) is 2.81. The minimum atomic E-state index is -0.00144. The van der Waals surface area contributed by atoms with Gasteiger partial charge in [-0.25, -0.2) is 0 Å². The first kappa shape index (κ1) is 17.4. The van der Waals surface area contributed by atoms with Gasteiger partial charge in [0.15, 0.2) is 0 Å². The van der Waals surface area contributed by atoms with Crippen LogP contribution < -0.4 is 5.73 Å². The van der Waals surface area contributed by atoms with E-state index in [9.17, 15) is 9.59 Å². The van der Waals surface area contributed by atoms with Crippen LogP contribution in [0.3, 0.4) is 0 Å². The molecular formula is C14H25N3O2. The molecule has 0 aromatic heterocycles. The Bertz CT molecular complexity index is 340. The Kier molecular flexibility index (Phi) is 8.53. The molecule has 2 N–H and O–H groups in total. The highest BCUT2D eigenvalue weighted by atomic mass is 16.2. The molecule has 1 aliphatic heterocycles. The van der Waals surface area contributed by atoms with Gasteiger partial charge in [-0.2, -0.15) is 0 Å². The van der Waals surface area contributed by atoms with E-state index in [4.69, 9.17) is 5.73 Å². The zero-order valence-corrected chi connectivity index (χ0v) is 12.0. The van der Waals surface area contributed by atoms with Crippen LogP contribution in [0, 0.1) is 0 Å². The Balaban J connectivity index is 0.000000356. The van der Waals surface area contributed by atoms with E-state index in [1.54, 1.807) is 30.0 Å². The van der Waals surface area contributed by atoms with Gasteiger partial charge in [-0.1, -0.05) is 13.2 Å². The third kappa shape index (κ3) is 6.76. The maximum atomic E-state index is 11.1. The van der Waals surface area contributed by atoms with E-state index in [1.807, 2.05) is 0 Å². The topological polar surface area (TPSA) is 66.6 Å². The van der Waals surface area contributed by atoms with Crippen LogP contribution >= 0.6 is 0 Å². The van der Waals surface area contributed by atoms with E-state index < -0.39 is 0 Å². The van der Waals surface area contributed by atoms with Crippen molar-refractivity contribution >= 4 is 11.8 Å². The second kappa shape index (κ2) is 9.33. The molecule has 0 atom stereocenters. The highest BCUT2D eigenvalue weighted by molar-refractivity contribution is 5.91. The second-order valence-electron chi connectivity index (χ2n) is 4.52. The lowest BCUT2D eigenvalue weighted by molar-refractivity contribution is -0.126. The molecule has 0 aromatic rings. The van der Waals surface area contributed by atoms with Crippen molar-refractivity contribution in [3.8, 4) is 0 Å². The molecule has 108 valence electrons. The molecule has 5 heteroatoms. The van der Waals surface area contributed by atoms with Gasteiger partial charge in [0.05, 0.1) is 0 Å². The molecule has 1 heterocycles. The van der Waals surface area contributed by atoms with Crippen molar-refractivity contribution < 1.29 is 9.59 Å². The van der Waals surface area contributed by atoms with Crippen molar-refractivity contribution in [2.75, 3.05) is 26.7 Å². The Morgan fingerprint density at radius 1 is 1.58 bits per heavy atom. The first-order chi connectivity index (χ1) is 8.93. The smallest absolute Gasteiger partial charge is 0.248 e. The highest BCUT2D eigenvalue weighted by Crippen LogP contribution is 2.08. The van der Waals surface area contributed by atoms with Gasteiger partial charge in [-0.3, -0.25) is 9.59 Å². The van der Waals surface area contributed by atoms with Crippen LogP contribution in [0.1, 0.15) is 26.2 Å². The van der Waals surface area contributed by atoms with Gasteiger partial charge in [0.1, 0.15) is 0 Å². The summed E-state index contributed by atoms with van der Waals surface area (Å²) in [5.74, 6) is 0.207. The van der Waals surface area contributed by atoms with Crippen LogP contribution in [0.2, 0.25) is 0 Å². The number of hydrogen-bond donors (Lipinski definition) is 1. The minimum absolute atomic E-state index is 0.00144. The van der Waals surface area contributed by atoms with Gasteiger partial charge in [-0.15, -0.1) is 0 Å². The van der Waals surface area contributed by atoms with Crippen molar-refractivity contribution in [2.24, 2.45) is 5.73 Å². The van der Waals surface area contributed by atoms with Crippen LogP contribution in [-0.2, 0) is 9.59 Å². The normalized spacial score (nSPS) is 13.6. The maximum Gasteiger partial charge on any atom is 0.248 e. The molecule has 2 amide bonds. The van der Waals surface area contributed by atoms with Crippen LogP contribution in [0.5, 0.6) is 0 Å². The number of hydrogen-bond acceptors (Lipinski definition) is 3. The summed E-state index contributed by atoms with van der Waals surface area (Å²) in [5.41, 5.74) is 5.87. The van der Waals surface area contributed by atoms with Crippen molar-refractivity contribution in [1.82, 2.24) is 9.80 Å². The van der Waals surface area contributed by atoms with Crippen molar-refractivity contribution in [3.05, 3.63) is 24.9 Å². The molecule has 0 spiro atoms. The second-order valence-corrected chi connectivity index (χ2v) is 4.52. The molecule has 1 aliphatic rings. The third-order valence-corrected chi connectivity index (χ3v) is 2.74. The van der Waals surface area contributed by atoms with Crippen molar-refractivity contribution in [3.63, 3.8) is 0 Å². The number of likely N-dealkylation sites (tertiary alicyclic amines) is 1. The van der Waals surface area contributed by atoms with Crippen molar-refractivity contribution in [2.45, 2.75) is 26.2 Å². The Morgan fingerprint density at radius 3 is 2.53 bits per heavy atom. The number of carbonyl (C=O) groups is 2. The highest BCUT2D eigenvalue weighted by Gasteiger charge is 2.16. The molecule has 0 bridgehead atoms. The number of carbonyl (C=O) groups excluding carboxylic acids is 2. The van der Waals surface area contributed by atoms with Crippen LogP contribution in [-0.4, -0.2) is 48.3 Å². The summed E-state index contributed by atoms with van der Waals surface area (Å²) in [4.78, 5) is 25.1. The van der Waals surface area contributed by atoms with E-state index >= 15 is 0 Å². The molecule has 0 unspecified atom stereocenters. The van der Waals surface area contributed by atoms with E-state index in [2.05, 4.69) is 13.2 Å². The van der Waals surface area contributed by atoms with Gasteiger partial charge in [0.2, 0.25) is 11.8 Å². The molecule has 0 aromatic carbocycles. The molecule has 0 saturated carbocycles. The molecule has 1 saturated heterocycles. The summed E-state index contributed by atoms with van der Waals surface area (Å²) < 4.78 is 0. The van der Waals surface area contributed by atoms with Crippen molar-refractivity contribution in [1.29, 1.82) is 0 Å². The number of likely N-dealkylation sites (N-methyl/N-ethyl adjacent to an activating group) is 1. The Hall–Kier alpha value is -1.62. The molecule has 5 nitrogen and oxygen atoms in total. The van der Waals surface area contributed by atoms with Crippen LogP contribution in [0.25, 0.3) is 0 Å². The average molecular weight is 267 g/mol. The lowest BCUT2D eigenvalue weighted by Gasteiger charge is -2.15. The van der Waals surface area contributed by atoms with Crippen LogP contribution in [0.15, 0.2) is 24.9 Å². The van der Waals surface area contributed by atoms with E-state index in [-0.39, 0.29) is 11.8 Å². The number of rotatable bonds is 5. The fourth-order valence-electron chi connectivity index (χ4n) is 1.62. The first-order valence-electron chi connectivity index (χ1n) is 6.47. The van der Waals surface area contributed by atoms with Gasteiger partial charge in [0.25, 0.3) is 0 Å². The zero-order chi connectivity index (χ0) is 14.8. The predicted octanol–water partition coefficient (Wildman–Crippen LogP) is 1.12. The van der Waals surface area contributed by atoms with E-state index in [0.29, 0.717) is 25.1 Å². The summed E-state index contributed by atoms with van der Waals surface area (Å²) in [5, 5.41) is 0. The SMILES string of the molecule is C=C(C)C(=O)N(C)CCCN.C=CN1CCCC1=O.